The normalized spacial score (nSPS) is 14.5. The van der Waals surface area contributed by atoms with Crippen LogP contribution < -0.4 is 5.32 Å². The van der Waals surface area contributed by atoms with Crippen LogP contribution >= 0.6 is 15.9 Å². The number of aryl methyl sites for hydroxylation is 1. The summed E-state index contributed by atoms with van der Waals surface area (Å²) >= 11 is 3.48. The number of rotatable bonds is 7. The van der Waals surface area contributed by atoms with Crippen molar-refractivity contribution in [2.45, 2.75) is 46.6 Å². The van der Waals surface area contributed by atoms with Crippen molar-refractivity contribution in [3.05, 3.63) is 40.3 Å². The first-order valence-corrected chi connectivity index (χ1v) is 11.6. The summed E-state index contributed by atoms with van der Waals surface area (Å²) in [4.78, 5) is 19.8. The van der Waals surface area contributed by atoms with Gasteiger partial charge in [0.1, 0.15) is 5.82 Å². The molecule has 31 heavy (non-hydrogen) atoms. The van der Waals surface area contributed by atoms with Crippen molar-refractivity contribution in [3.63, 3.8) is 0 Å². The summed E-state index contributed by atoms with van der Waals surface area (Å²) in [6.45, 7) is 11.8. The van der Waals surface area contributed by atoms with Crippen molar-refractivity contribution in [2.75, 3.05) is 33.0 Å². The lowest BCUT2D eigenvalue weighted by molar-refractivity contribution is -0.0334. The largest absolute Gasteiger partial charge is 0.450 e. The van der Waals surface area contributed by atoms with Crippen LogP contribution in [0.3, 0.4) is 0 Å². The molecule has 1 aromatic carbocycles. The Kier molecular flexibility index (Phi) is 11.0. The van der Waals surface area contributed by atoms with E-state index in [1.807, 2.05) is 32.2 Å². The first-order chi connectivity index (χ1) is 14.9. The lowest BCUT2D eigenvalue weighted by Gasteiger charge is -2.20. The molecule has 7 nitrogen and oxygen atoms in total. The zero-order valence-electron chi connectivity index (χ0n) is 18.9. The summed E-state index contributed by atoms with van der Waals surface area (Å²) in [6, 6.07) is 5.90. The average Bonchev–Trinajstić information content (AvgIpc) is 3.23. The van der Waals surface area contributed by atoms with Crippen molar-refractivity contribution in [2.24, 2.45) is 5.92 Å². The van der Waals surface area contributed by atoms with Gasteiger partial charge in [-0.3, -0.25) is 0 Å². The van der Waals surface area contributed by atoms with Crippen LogP contribution in [0.2, 0.25) is 0 Å². The number of carbonyl (C=O) groups excluding carboxylic acids is 1. The molecule has 1 unspecified atom stereocenters. The highest BCUT2D eigenvalue weighted by molar-refractivity contribution is 9.10. The number of hydrogen-bond donors (Lipinski definition) is 2. The summed E-state index contributed by atoms with van der Waals surface area (Å²) in [7, 11) is 0. The Labute approximate surface area is 193 Å². The maximum absolute atomic E-state index is 12.0. The second kappa shape index (κ2) is 13.5. The average molecular weight is 496 g/mol. The molecule has 0 saturated carbocycles. The van der Waals surface area contributed by atoms with Crippen molar-refractivity contribution in [1.82, 2.24) is 15.3 Å². The summed E-state index contributed by atoms with van der Waals surface area (Å²) in [5.74, 6) is 0.920. The molecular formula is C23H34BrN3O4. The van der Waals surface area contributed by atoms with Gasteiger partial charge in [-0.25, -0.2) is 9.78 Å². The molecule has 2 aromatic rings. The Balaban J connectivity index is 0.000000488. The van der Waals surface area contributed by atoms with Crippen LogP contribution in [0.1, 0.15) is 51.0 Å². The number of nitrogens with zero attached hydrogens (tertiary/aromatic N) is 1. The molecule has 1 amide bonds. The minimum atomic E-state index is -0.398. The Morgan fingerprint density at radius 1 is 1.26 bits per heavy atom. The first kappa shape index (κ1) is 25.4. The fourth-order valence-corrected chi connectivity index (χ4v) is 3.50. The van der Waals surface area contributed by atoms with Crippen LogP contribution in [0.4, 0.5) is 4.79 Å². The van der Waals surface area contributed by atoms with Crippen LogP contribution in [0.5, 0.6) is 0 Å². The molecule has 2 heterocycles. The van der Waals surface area contributed by atoms with Gasteiger partial charge in [0.25, 0.3) is 0 Å². The number of halogens is 1. The van der Waals surface area contributed by atoms with Crippen molar-refractivity contribution >= 4 is 22.0 Å². The lowest BCUT2D eigenvalue weighted by Crippen LogP contribution is -2.33. The smallest absolute Gasteiger partial charge is 0.407 e. The van der Waals surface area contributed by atoms with E-state index in [1.54, 1.807) is 0 Å². The molecule has 1 aromatic heterocycles. The number of nitrogens with one attached hydrogen (secondary N) is 2. The van der Waals surface area contributed by atoms with E-state index in [1.165, 1.54) is 0 Å². The maximum atomic E-state index is 12.0. The van der Waals surface area contributed by atoms with Crippen LogP contribution in [0.25, 0.3) is 11.3 Å². The van der Waals surface area contributed by atoms with Gasteiger partial charge in [0, 0.05) is 10.0 Å². The molecule has 172 valence electrons. The topological polar surface area (TPSA) is 85.5 Å². The number of benzene rings is 1. The molecule has 1 saturated heterocycles. The Bertz CT molecular complexity index is 794. The van der Waals surface area contributed by atoms with Gasteiger partial charge in [-0.15, -0.1) is 0 Å². The van der Waals surface area contributed by atoms with Gasteiger partial charge in [0.2, 0.25) is 0 Å². The summed E-state index contributed by atoms with van der Waals surface area (Å²) in [5, 5.41) is 2.92. The number of imidazole rings is 1. The van der Waals surface area contributed by atoms with Gasteiger partial charge in [0.15, 0.2) is 0 Å². The highest BCUT2D eigenvalue weighted by Crippen LogP contribution is 2.27. The predicted octanol–water partition coefficient (Wildman–Crippen LogP) is 5.40. The van der Waals surface area contributed by atoms with Gasteiger partial charge in [-0.05, 0) is 37.0 Å². The third kappa shape index (κ3) is 8.63. The Morgan fingerprint density at radius 3 is 2.48 bits per heavy atom. The molecule has 1 aliphatic heterocycles. The van der Waals surface area contributed by atoms with Crippen LogP contribution in [-0.4, -0.2) is 49.1 Å². The Morgan fingerprint density at radius 2 is 1.94 bits per heavy atom. The molecule has 1 atom stereocenters. The number of aromatic amines is 1. The highest BCUT2D eigenvalue weighted by atomic mass is 79.9. The van der Waals surface area contributed by atoms with Gasteiger partial charge in [-0.1, -0.05) is 49.2 Å². The number of H-pyrrole nitrogens is 1. The van der Waals surface area contributed by atoms with E-state index in [-0.39, 0.29) is 12.0 Å². The number of aromatic nitrogens is 2. The van der Waals surface area contributed by atoms with Gasteiger partial charge < -0.3 is 24.5 Å². The van der Waals surface area contributed by atoms with Crippen LogP contribution in [0, 0.1) is 12.8 Å². The quantitative estimate of drug-likeness (QED) is 0.501. The minimum Gasteiger partial charge on any atom is -0.450 e. The zero-order chi connectivity index (χ0) is 22.6. The highest BCUT2D eigenvalue weighted by Gasteiger charge is 2.22. The standard InChI is InChI=1S/C19H26BrN3O2.C4H8O2/c1-5-6-9-25-19(24)23-17(12(2)3)18-21-11-16(22-18)15-8-7-14(20)10-13(15)4;1-2-6-4-3-5-1/h7-8,10-12,17H,5-6,9H2,1-4H3,(H,21,22)(H,23,24);1-4H2. The first-order valence-electron chi connectivity index (χ1n) is 10.8. The fraction of sp³-hybridized carbons (Fsp3) is 0.565. The molecule has 3 rings (SSSR count). The number of hydrogen-bond acceptors (Lipinski definition) is 5. The molecule has 0 radical (unpaired) electrons. The maximum Gasteiger partial charge on any atom is 0.407 e. The molecule has 1 fully saturated rings. The second-order valence-electron chi connectivity index (χ2n) is 7.72. The van der Waals surface area contributed by atoms with Crippen LogP contribution in [-0.2, 0) is 14.2 Å². The number of ether oxygens (including phenoxy) is 3. The van der Waals surface area contributed by atoms with E-state index in [4.69, 9.17) is 14.2 Å². The fourth-order valence-electron chi connectivity index (χ4n) is 3.03. The van der Waals surface area contributed by atoms with Gasteiger partial charge in [-0.2, -0.15) is 0 Å². The molecule has 0 spiro atoms. The van der Waals surface area contributed by atoms with E-state index < -0.39 is 6.09 Å². The summed E-state index contributed by atoms with van der Waals surface area (Å²) in [5.41, 5.74) is 3.18. The van der Waals surface area contributed by atoms with Crippen molar-refractivity contribution in [3.8, 4) is 11.3 Å². The number of amides is 1. The van der Waals surface area contributed by atoms with E-state index in [0.29, 0.717) is 6.61 Å². The number of carbonyl (C=O) groups is 1. The lowest BCUT2D eigenvalue weighted by atomic mass is 10.0. The number of unbranched alkanes of at least 4 members (excludes halogenated alkanes) is 1. The minimum absolute atomic E-state index is 0.184. The van der Waals surface area contributed by atoms with Crippen molar-refractivity contribution in [1.29, 1.82) is 0 Å². The molecule has 0 aliphatic carbocycles. The molecular weight excluding hydrogens is 462 g/mol. The summed E-state index contributed by atoms with van der Waals surface area (Å²) < 4.78 is 16.1. The monoisotopic (exact) mass is 495 g/mol. The van der Waals surface area contributed by atoms with E-state index in [0.717, 1.165) is 66.4 Å². The van der Waals surface area contributed by atoms with Gasteiger partial charge in [0.05, 0.1) is 51.0 Å². The molecule has 8 heteroatoms. The molecule has 2 N–H and O–H groups in total. The molecule has 1 aliphatic rings. The van der Waals surface area contributed by atoms with E-state index >= 15 is 0 Å². The van der Waals surface area contributed by atoms with Crippen molar-refractivity contribution < 1.29 is 19.0 Å². The van der Waals surface area contributed by atoms with E-state index in [9.17, 15) is 4.79 Å². The second-order valence-corrected chi connectivity index (χ2v) is 8.64. The Hall–Kier alpha value is -1.90. The summed E-state index contributed by atoms with van der Waals surface area (Å²) in [6.07, 6.45) is 3.28. The predicted molar refractivity (Wildman–Crippen MR) is 125 cm³/mol. The van der Waals surface area contributed by atoms with Gasteiger partial charge >= 0.3 is 6.09 Å². The third-order valence-electron chi connectivity index (χ3n) is 4.78. The SMILES string of the molecule is C1COCCO1.CCCCOC(=O)NC(c1ncc(-c2ccc(Br)cc2C)[nH]1)C(C)C. The van der Waals surface area contributed by atoms with Crippen LogP contribution in [0.15, 0.2) is 28.9 Å². The third-order valence-corrected chi connectivity index (χ3v) is 5.28. The molecule has 0 bridgehead atoms. The number of alkyl carbamates (subject to hydrolysis) is 1. The van der Waals surface area contributed by atoms with E-state index in [2.05, 4.69) is 51.1 Å². The zero-order valence-corrected chi connectivity index (χ0v) is 20.5.